The average molecular weight is 260 g/mol. The summed E-state index contributed by atoms with van der Waals surface area (Å²) in [6, 6.07) is 1.96. The molecular weight excluding hydrogens is 238 g/mol. The van der Waals surface area contributed by atoms with Crippen LogP contribution in [0.3, 0.4) is 0 Å². The van der Waals surface area contributed by atoms with Crippen LogP contribution in [-0.4, -0.2) is 68.3 Å². The summed E-state index contributed by atoms with van der Waals surface area (Å²) in [6.45, 7) is 3.57. The van der Waals surface area contributed by atoms with Gasteiger partial charge in [-0.2, -0.15) is 0 Å². The van der Waals surface area contributed by atoms with Gasteiger partial charge in [-0.15, -0.1) is 0 Å². The number of nitrogens with zero attached hydrogens (tertiary/aromatic N) is 4. The molecule has 102 valence electrons. The minimum absolute atomic E-state index is 0.734. The van der Waals surface area contributed by atoms with Crippen LogP contribution in [-0.2, 0) is 0 Å². The molecule has 19 heavy (non-hydrogen) atoms. The zero-order chi connectivity index (χ0) is 14.4. The fourth-order valence-corrected chi connectivity index (χ4v) is 1.80. The molecule has 0 aliphatic rings. The Balaban J connectivity index is 3.34. The molecule has 0 fully saturated rings. The number of H-pyrrole nitrogens is 1. The van der Waals surface area contributed by atoms with Crippen molar-refractivity contribution in [1.82, 2.24) is 9.88 Å². The Hall–Kier alpha value is -2.17. The largest absolute Gasteiger partial charge is 0.383 e. The summed E-state index contributed by atoms with van der Waals surface area (Å²) in [6.07, 6.45) is 5.90. The van der Waals surface area contributed by atoms with Gasteiger partial charge in [0.2, 0.25) is 0 Å². The molecule has 0 aliphatic carbocycles. The average Bonchev–Trinajstić information content (AvgIpc) is 2.76. The van der Waals surface area contributed by atoms with Crippen molar-refractivity contribution in [3.8, 4) is 0 Å². The third kappa shape index (κ3) is 3.91. The predicted molar refractivity (Wildman–Crippen MR) is 82.4 cm³/mol. The van der Waals surface area contributed by atoms with Gasteiger partial charge in [0.1, 0.15) is 19.9 Å². The second-order valence-electron chi connectivity index (χ2n) is 4.61. The van der Waals surface area contributed by atoms with Crippen molar-refractivity contribution in [2.24, 2.45) is 9.98 Å². The van der Waals surface area contributed by atoms with Gasteiger partial charge in [0.15, 0.2) is 6.21 Å². The SMILES string of the molecule is C=Nc1[nH]ccc1C(=N\C)/C(C=[N+](C)C)=C\N(C)C. The van der Waals surface area contributed by atoms with E-state index in [0.29, 0.717) is 0 Å². The summed E-state index contributed by atoms with van der Waals surface area (Å²) >= 11 is 0. The van der Waals surface area contributed by atoms with E-state index >= 15 is 0 Å². The van der Waals surface area contributed by atoms with Crippen LogP contribution in [0.5, 0.6) is 0 Å². The molecule has 0 saturated heterocycles. The second-order valence-corrected chi connectivity index (χ2v) is 4.61. The van der Waals surface area contributed by atoms with Gasteiger partial charge >= 0.3 is 0 Å². The van der Waals surface area contributed by atoms with E-state index in [1.54, 1.807) is 7.05 Å². The number of aromatic nitrogens is 1. The number of hydrogen-bond acceptors (Lipinski definition) is 3. The highest BCUT2D eigenvalue weighted by molar-refractivity contribution is 6.24. The molecule has 0 atom stereocenters. The van der Waals surface area contributed by atoms with Crippen LogP contribution in [0.15, 0.2) is 34.0 Å². The van der Waals surface area contributed by atoms with Gasteiger partial charge < -0.3 is 9.88 Å². The number of nitrogens with one attached hydrogen (secondary N) is 1. The molecular formula is C14H22N5+. The summed E-state index contributed by atoms with van der Waals surface area (Å²) in [5.41, 5.74) is 2.84. The van der Waals surface area contributed by atoms with E-state index in [9.17, 15) is 0 Å². The van der Waals surface area contributed by atoms with E-state index in [2.05, 4.69) is 21.7 Å². The topological polar surface area (TPSA) is 46.8 Å². The molecule has 0 saturated carbocycles. The minimum atomic E-state index is 0.734. The lowest BCUT2D eigenvalue weighted by molar-refractivity contribution is -0.458. The quantitative estimate of drug-likeness (QED) is 0.634. The summed E-state index contributed by atoms with van der Waals surface area (Å²) in [7, 11) is 9.73. The van der Waals surface area contributed by atoms with Crippen molar-refractivity contribution in [3.63, 3.8) is 0 Å². The third-order valence-corrected chi connectivity index (χ3v) is 2.43. The molecule has 0 aromatic carbocycles. The van der Waals surface area contributed by atoms with E-state index in [0.717, 1.165) is 22.7 Å². The highest BCUT2D eigenvalue weighted by Crippen LogP contribution is 2.20. The molecule has 1 heterocycles. The maximum atomic E-state index is 4.40. The lowest BCUT2D eigenvalue weighted by Crippen LogP contribution is -2.15. The van der Waals surface area contributed by atoms with Gasteiger partial charge in [-0.1, -0.05) is 0 Å². The Bertz CT molecular complexity index is 528. The monoisotopic (exact) mass is 260 g/mol. The lowest BCUT2D eigenvalue weighted by atomic mass is 10.1. The van der Waals surface area contributed by atoms with Crippen molar-refractivity contribution < 1.29 is 4.58 Å². The molecule has 0 spiro atoms. The van der Waals surface area contributed by atoms with Crippen molar-refractivity contribution in [2.45, 2.75) is 0 Å². The third-order valence-electron chi connectivity index (χ3n) is 2.43. The summed E-state index contributed by atoms with van der Waals surface area (Å²) in [5.74, 6) is 0.734. The number of allylic oxidation sites excluding steroid dienone is 1. The van der Waals surface area contributed by atoms with Crippen molar-refractivity contribution in [2.75, 3.05) is 35.2 Å². The first-order valence-corrected chi connectivity index (χ1v) is 6.00. The molecule has 0 aliphatic heterocycles. The van der Waals surface area contributed by atoms with Gasteiger partial charge in [0.05, 0.1) is 11.3 Å². The van der Waals surface area contributed by atoms with E-state index in [1.807, 2.05) is 62.3 Å². The van der Waals surface area contributed by atoms with E-state index in [1.165, 1.54) is 0 Å². The minimum Gasteiger partial charge on any atom is -0.383 e. The molecule has 1 aromatic rings. The summed E-state index contributed by atoms with van der Waals surface area (Å²) in [5, 5.41) is 0. The molecule has 5 nitrogen and oxygen atoms in total. The molecule has 0 amide bonds. The zero-order valence-electron chi connectivity index (χ0n) is 12.3. The standard InChI is InChI=1S/C14H22N5/c1-15-13(12-7-8-17-14(12)16-2)11(9-18(3)4)10-19(5)6/h7-10,17H,2H2,1,3-6H3/q+1/b15-13-. The number of aromatic amines is 1. The molecule has 0 radical (unpaired) electrons. The highest BCUT2D eigenvalue weighted by atomic mass is 15.0. The van der Waals surface area contributed by atoms with E-state index in [4.69, 9.17) is 0 Å². The van der Waals surface area contributed by atoms with Crippen LogP contribution >= 0.6 is 0 Å². The zero-order valence-corrected chi connectivity index (χ0v) is 12.3. The van der Waals surface area contributed by atoms with Gasteiger partial charge in [-0.05, 0) is 12.8 Å². The summed E-state index contributed by atoms with van der Waals surface area (Å²) < 4.78 is 1.99. The van der Waals surface area contributed by atoms with Crippen LogP contribution < -0.4 is 0 Å². The first-order chi connectivity index (χ1) is 8.99. The van der Waals surface area contributed by atoms with Crippen LogP contribution in [0.2, 0.25) is 0 Å². The smallest absolute Gasteiger partial charge is 0.173 e. The molecule has 0 unspecified atom stereocenters. The normalized spacial score (nSPS) is 12.3. The Labute approximate surface area is 114 Å². The molecule has 0 bridgehead atoms. The highest BCUT2D eigenvalue weighted by Gasteiger charge is 2.15. The molecule has 1 rings (SSSR count). The van der Waals surface area contributed by atoms with Crippen LogP contribution in [0, 0.1) is 0 Å². The first-order valence-electron chi connectivity index (χ1n) is 6.00. The van der Waals surface area contributed by atoms with Crippen LogP contribution in [0.25, 0.3) is 0 Å². The number of hydrogen-bond donors (Lipinski definition) is 1. The molecule has 5 heteroatoms. The Kier molecular flexibility index (Phi) is 5.23. The fraction of sp³-hybridized carbons (Fsp3) is 0.357. The number of rotatable bonds is 5. The van der Waals surface area contributed by atoms with Gasteiger partial charge in [0, 0.05) is 39.1 Å². The fourth-order valence-electron chi connectivity index (χ4n) is 1.80. The maximum absolute atomic E-state index is 4.40. The van der Waals surface area contributed by atoms with Crippen molar-refractivity contribution >= 4 is 24.5 Å². The molecule has 1 aromatic heterocycles. The van der Waals surface area contributed by atoms with E-state index < -0.39 is 0 Å². The van der Waals surface area contributed by atoms with Gasteiger partial charge in [0.25, 0.3) is 0 Å². The van der Waals surface area contributed by atoms with E-state index in [-0.39, 0.29) is 0 Å². The maximum Gasteiger partial charge on any atom is 0.173 e. The van der Waals surface area contributed by atoms with Gasteiger partial charge in [-0.3, -0.25) is 4.99 Å². The van der Waals surface area contributed by atoms with Crippen LogP contribution in [0.4, 0.5) is 5.82 Å². The summed E-state index contributed by atoms with van der Waals surface area (Å²) in [4.78, 5) is 13.4. The lowest BCUT2D eigenvalue weighted by Gasteiger charge is -2.10. The van der Waals surface area contributed by atoms with Crippen molar-refractivity contribution in [3.05, 3.63) is 29.6 Å². The van der Waals surface area contributed by atoms with Crippen molar-refractivity contribution in [1.29, 1.82) is 0 Å². The van der Waals surface area contributed by atoms with Crippen LogP contribution in [0.1, 0.15) is 5.56 Å². The predicted octanol–water partition coefficient (Wildman–Crippen LogP) is 1.55. The van der Waals surface area contributed by atoms with Gasteiger partial charge in [-0.25, -0.2) is 9.57 Å². The second kappa shape index (κ2) is 6.68. The Morgan fingerprint density at radius 2 is 2.11 bits per heavy atom. The number of aliphatic imine (C=N–C) groups is 2. The molecule has 1 N–H and O–H groups in total. The Morgan fingerprint density at radius 1 is 1.42 bits per heavy atom. The Morgan fingerprint density at radius 3 is 2.58 bits per heavy atom. The first kappa shape index (κ1) is 14.9.